The second-order valence-electron chi connectivity index (χ2n) is 6.54. The van der Waals surface area contributed by atoms with E-state index in [4.69, 9.17) is 4.74 Å². The van der Waals surface area contributed by atoms with Crippen LogP contribution in [0, 0.1) is 0 Å². The van der Waals surface area contributed by atoms with Crippen molar-refractivity contribution >= 4 is 23.4 Å². The summed E-state index contributed by atoms with van der Waals surface area (Å²) in [6, 6.07) is 13.0. The Balaban J connectivity index is 1.99. The molecule has 5 heteroatoms. The molecule has 1 aromatic heterocycles. The number of nitrogens with zero attached hydrogens (tertiary/aromatic N) is 2. The zero-order valence-corrected chi connectivity index (χ0v) is 13.8. The summed E-state index contributed by atoms with van der Waals surface area (Å²) in [6.07, 6.45) is 1.82. The second-order valence-corrected chi connectivity index (χ2v) is 6.54. The molecule has 2 aromatic carbocycles. The highest BCUT2D eigenvalue weighted by atomic mass is 16.6. The van der Waals surface area contributed by atoms with E-state index < -0.39 is 11.7 Å². The number of carbonyl (C=O) groups is 2. The molecule has 0 fully saturated rings. The number of aromatic nitrogens is 2. The third-order valence-electron chi connectivity index (χ3n) is 3.49. The molecule has 0 radical (unpaired) electrons. The predicted molar refractivity (Wildman–Crippen MR) is 92.2 cm³/mol. The normalized spacial score (nSPS) is 11.5. The molecule has 3 aromatic rings. The Labute approximate surface area is 139 Å². The van der Waals surface area contributed by atoms with Crippen molar-refractivity contribution < 1.29 is 14.3 Å². The zero-order valence-electron chi connectivity index (χ0n) is 13.8. The van der Waals surface area contributed by atoms with E-state index >= 15 is 0 Å². The van der Waals surface area contributed by atoms with E-state index in [2.05, 4.69) is 4.98 Å². The van der Waals surface area contributed by atoms with Crippen LogP contribution in [-0.4, -0.2) is 27.5 Å². The third kappa shape index (κ3) is 3.20. The molecule has 0 spiro atoms. The number of benzene rings is 2. The molecule has 0 bridgehead atoms. The van der Waals surface area contributed by atoms with Crippen LogP contribution in [0.3, 0.4) is 0 Å². The number of ether oxygens (including phenoxy) is 1. The van der Waals surface area contributed by atoms with Crippen molar-refractivity contribution in [2.24, 2.45) is 0 Å². The van der Waals surface area contributed by atoms with Gasteiger partial charge in [0.05, 0.1) is 11.0 Å². The SMILES string of the molecule is CC(C)(C)OC(=O)n1cnc2cc(-c3cccc(C=O)c3)ccc21. The second kappa shape index (κ2) is 5.92. The summed E-state index contributed by atoms with van der Waals surface area (Å²) in [7, 11) is 0. The smallest absolute Gasteiger partial charge is 0.420 e. The van der Waals surface area contributed by atoms with Crippen LogP contribution < -0.4 is 0 Å². The summed E-state index contributed by atoms with van der Waals surface area (Å²) >= 11 is 0. The molecular formula is C19H18N2O3. The van der Waals surface area contributed by atoms with E-state index in [0.29, 0.717) is 16.6 Å². The van der Waals surface area contributed by atoms with E-state index in [0.717, 1.165) is 17.4 Å². The van der Waals surface area contributed by atoms with Gasteiger partial charge in [-0.3, -0.25) is 4.79 Å². The lowest BCUT2D eigenvalue weighted by Gasteiger charge is -2.19. The average molecular weight is 322 g/mol. The monoisotopic (exact) mass is 322 g/mol. The van der Waals surface area contributed by atoms with Crippen LogP contribution in [0.15, 0.2) is 48.8 Å². The topological polar surface area (TPSA) is 61.2 Å². The Hall–Kier alpha value is -2.95. The molecule has 0 saturated carbocycles. The first-order chi connectivity index (χ1) is 11.4. The quantitative estimate of drug-likeness (QED) is 0.660. The van der Waals surface area contributed by atoms with Crippen molar-refractivity contribution in [3.8, 4) is 11.1 Å². The summed E-state index contributed by atoms with van der Waals surface area (Å²) in [6.45, 7) is 5.46. The summed E-state index contributed by atoms with van der Waals surface area (Å²) in [5.41, 5.74) is 3.28. The van der Waals surface area contributed by atoms with Crippen LogP contribution in [0.4, 0.5) is 4.79 Å². The van der Waals surface area contributed by atoms with Gasteiger partial charge in [0.1, 0.15) is 18.2 Å². The first-order valence-corrected chi connectivity index (χ1v) is 7.63. The lowest BCUT2D eigenvalue weighted by molar-refractivity contribution is 0.0543. The van der Waals surface area contributed by atoms with Crippen LogP contribution in [0.2, 0.25) is 0 Å². The van der Waals surface area contributed by atoms with Crippen molar-refractivity contribution in [3.63, 3.8) is 0 Å². The minimum atomic E-state index is -0.567. The lowest BCUT2D eigenvalue weighted by Crippen LogP contribution is -2.26. The van der Waals surface area contributed by atoms with E-state index in [1.165, 1.54) is 10.9 Å². The summed E-state index contributed by atoms with van der Waals surface area (Å²) in [5.74, 6) is 0. The highest BCUT2D eigenvalue weighted by molar-refractivity contribution is 5.89. The van der Waals surface area contributed by atoms with Crippen molar-refractivity contribution in [2.75, 3.05) is 0 Å². The molecule has 0 aliphatic heterocycles. The summed E-state index contributed by atoms with van der Waals surface area (Å²) in [4.78, 5) is 27.5. The average Bonchev–Trinajstić information content (AvgIpc) is 2.96. The molecular weight excluding hydrogens is 304 g/mol. The molecule has 3 rings (SSSR count). The Morgan fingerprint density at radius 3 is 2.58 bits per heavy atom. The van der Waals surface area contributed by atoms with E-state index in [9.17, 15) is 9.59 Å². The minimum Gasteiger partial charge on any atom is -0.443 e. The fourth-order valence-corrected chi connectivity index (χ4v) is 2.44. The Kier molecular flexibility index (Phi) is 3.93. The van der Waals surface area contributed by atoms with Crippen molar-refractivity contribution in [1.82, 2.24) is 9.55 Å². The van der Waals surface area contributed by atoms with E-state index in [1.54, 1.807) is 6.07 Å². The van der Waals surface area contributed by atoms with Crippen LogP contribution in [0.25, 0.3) is 22.2 Å². The first kappa shape index (κ1) is 15.9. The van der Waals surface area contributed by atoms with Crippen molar-refractivity contribution in [3.05, 3.63) is 54.4 Å². The molecule has 5 nitrogen and oxygen atoms in total. The van der Waals surface area contributed by atoms with Crippen molar-refractivity contribution in [1.29, 1.82) is 0 Å². The third-order valence-corrected chi connectivity index (χ3v) is 3.49. The standard InChI is InChI=1S/C19H18N2O3/c1-19(2,3)24-18(23)21-12-20-16-10-15(7-8-17(16)21)14-6-4-5-13(9-14)11-22/h4-12H,1-3H3. The molecule has 0 saturated heterocycles. The van der Waals surface area contributed by atoms with Gasteiger partial charge >= 0.3 is 6.09 Å². The molecule has 24 heavy (non-hydrogen) atoms. The number of hydrogen-bond acceptors (Lipinski definition) is 4. The number of rotatable bonds is 2. The fraction of sp³-hybridized carbons (Fsp3) is 0.211. The van der Waals surface area contributed by atoms with Gasteiger partial charge in [0.25, 0.3) is 0 Å². The number of fused-ring (bicyclic) bond motifs is 1. The molecule has 122 valence electrons. The molecule has 0 aliphatic rings. The Morgan fingerprint density at radius 1 is 1.12 bits per heavy atom. The predicted octanol–water partition coefficient (Wildman–Crippen LogP) is 4.30. The summed E-state index contributed by atoms with van der Waals surface area (Å²) < 4.78 is 6.78. The van der Waals surface area contributed by atoms with Gasteiger partial charge in [0.2, 0.25) is 0 Å². The maximum absolute atomic E-state index is 12.2. The molecule has 0 N–H and O–H groups in total. The molecule has 0 amide bonds. The van der Waals surface area contributed by atoms with Crippen molar-refractivity contribution in [2.45, 2.75) is 26.4 Å². The highest BCUT2D eigenvalue weighted by Crippen LogP contribution is 2.25. The molecule has 0 atom stereocenters. The van der Waals surface area contributed by atoms with Gasteiger partial charge in [-0.05, 0) is 50.1 Å². The van der Waals surface area contributed by atoms with Gasteiger partial charge in [0, 0.05) is 5.56 Å². The van der Waals surface area contributed by atoms with Gasteiger partial charge in [-0.25, -0.2) is 14.3 Å². The highest BCUT2D eigenvalue weighted by Gasteiger charge is 2.19. The molecule has 0 aliphatic carbocycles. The Bertz CT molecular complexity index is 920. The van der Waals surface area contributed by atoms with Crippen LogP contribution in [0.1, 0.15) is 31.1 Å². The van der Waals surface area contributed by atoms with E-state index in [-0.39, 0.29) is 0 Å². The molecule has 1 heterocycles. The first-order valence-electron chi connectivity index (χ1n) is 7.63. The largest absolute Gasteiger partial charge is 0.443 e. The zero-order chi connectivity index (χ0) is 17.3. The van der Waals surface area contributed by atoms with Crippen LogP contribution in [0.5, 0.6) is 0 Å². The lowest BCUT2D eigenvalue weighted by atomic mass is 10.0. The maximum atomic E-state index is 12.2. The number of imidazole rings is 1. The number of carbonyl (C=O) groups excluding carboxylic acids is 2. The number of aldehydes is 1. The van der Waals surface area contributed by atoms with Gasteiger partial charge in [0.15, 0.2) is 0 Å². The minimum absolute atomic E-state index is 0.458. The van der Waals surface area contributed by atoms with Gasteiger partial charge < -0.3 is 4.74 Å². The van der Waals surface area contributed by atoms with Crippen LogP contribution in [-0.2, 0) is 4.74 Å². The number of hydrogen-bond donors (Lipinski definition) is 0. The van der Waals surface area contributed by atoms with Crippen LogP contribution >= 0.6 is 0 Å². The fourth-order valence-electron chi connectivity index (χ4n) is 2.44. The molecule has 0 unspecified atom stereocenters. The van der Waals surface area contributed by atoms with E-state index in [1.807, 2.05) is 57.2 Å². The van der Waals surface area contributed by atoms with Gasteiger partial charge in [-0.2, -0.15) is 0 Å². The Morgan fingerprint density at radius 2 is 1.88 bits per heavy atom. The summed E-state index contributed by atoms with van der Waals surface area (Å²) in [5, 5.41) is 0. The maximum Gasteiger partial charge on any atom is 0.420 e. The van der Waals surface area contributed by atoms with Gasteiger partial charge in [-0.15, -0.1) is 0 Å². The van der Waals surface area contributed by atoms with Gasteiger partial charge in [-0.1, -0.05) is 24.3 Å².